The molecule has 0 spiro atoms. The number of nitrogens with zero attached hydrogens (tertiary/aromatic N) is 1. The predicted octanol–water partition coefficient (Wildman–Crippen LogP) is 3.40. The SMILES string of the molecule is O=C(O)CN(c1cccc(Cl)c1)C1Cc2ccccc2C1. The van der Waals surface area contributed by atoms with E-state index in [-0.39, 0.29) is 12.6 Å². The van der Waals surface area contributed by atoms with Gasteiger partial charge in [-0.1, -0.05) is 41.9 Å². The van der Waals surface area contributed by atoms with Crippen LogP contribution < -0.4 is 4.90 Å². The van der Waals surface area contributed by atoms with Crippen LogP contribution >= 0.6 is 11.6 Å². The second kappa shape index (κ2) is 5.78. The first-order valence-corrected chi connectivity index (χ1v) is 7.32. The van der Waals surface area contributed by atoms with E-state index >= 15 is 0 Å². The first-order chi connectivity index (χ1) is 10.1. The van der Waals surface area contributed by atoms with Crippen molar-refractivity contribution in [2.24, 2.45) is 0 Å². The molecule has 0 atom stereocenters. The number of carboxylic acid groups (broad SMARTS) is 1. The van der Waals surface area contributed by atoms with Crippen LogP contribution in [-0.2, 0) is 17.6 Å². The summed E-state index contributed by atoms with van der Waals surface area (Å²) in [6, 6.07) is 15.9. The quantitative estimate of drug-likeness (QED) is 0.941. The maximum absolute atomic E-state index is 11.2. The van der Waals surface area contributed by atoms with Crippen molar-refractivity contribution in [1.82, 2.24) is 0 Å². The molecule has 0 radical (unpaired) electrons. The van der Waals surface area contributed by atoms with E-state index in [4.69, 9.17) is 11.6 Å². The average Bonchev–Trinajstić information content (AvgIpc) is 2.88. The summed E-state index contributed by atoms with van der Waals surface area (Å²) in [6.45, 7) is -0.0149. The van der Waals surface area contributed by atoms with Gasteiger partial charge in [0.15, 0.2) is 0 Å². The number of hydrogen-bond acceptors (Lipinski definition) is 2. The number of benzene rings is 2. The molecular weight excluding hydrogens is 286 g/mol. The minimum Gasteiger partial charge on any atom is -0.480 e. The van der Waals surface area contributed by atoms with Gasteiger partial charge in [0.25, 0.3) is 0 Å². The molecule has 0 aliphatic heterocycles. The minimum atomic E-state index is -0.828. The average molecular weight is 302 g/mol. The summed E-state index contributed by atoms with van der Waals surface area (Å²) in [4.78, 5) is 13.2. The predicted molar refractivity (Wildman–Crippen MR) is 84.1 cm³/mol. The van der Waals surface area contributed by atoms with Gasteiger partial charge in [0.1, 0.15) is 6.54 Å². The number of hydrogen-bond donors (Lipinski definition) is 1. The maximum Gasteiger partial charge on any atom is 0.323 e. The van der Waals surface area contributed by atoms with Crippen LogP contribution in [0.1, 0.15) is 11.1 Å². The molecule has 0 heterocycles. The first kappa shape index (κ1) is 14.0. The van der Waals surface area contributed by atoms with Crippen LogP contribution in [0, 0.1) is 0 Å². The summed E-state index contributed by atoms with van der Waals surface area (Å²) in [5.74, 6) is -0.828. The Morgan fingerprint density at radius 1 is 1.14 bits per heavy atom. The largest absolute Gasteiger partial charge is 0.480 e. The van der Waals surface area contributed by atoms with Crippen LogP contribution in [0.5, 0.6) is 0 Å². The van der Waals surface area contributed by atoms with Gasteiger partial charge in [0.2, 0.25) is 0 Å². The van der Waals surface area contributed by atoms with Crippen molar-refractivity contribution >= 4 is 23.3 Å². The monoisotopic (exact) mass is 301 g/mol. The van der Waals surface area contributed by atoms with Gasteiger partial charge in [-0.15, -0.1) is 0 Å². The molecule has 0 amide bonds. The summed E-state index contributed by atoms with van der Waals surface area (Å²) in [5.41, 5.74) is 3.47. The van der Waals surface area contributed by atoms with Crippen LogP contribution in [0.15, 0.2) is 48.5 Å². The van der Waals surface area contributed by atoms with E-state index in [1.165, 1.54) is 11.1 Å². The van der Waals surface area contributed by atoms with Gasteiger partial charge in [-0.3, -0.25) is 4.79 Å². The van der Waals surface area contributed by atoms with Crippen LogP contribution in [0.2, 0.25) is 5.02 Å². The van der Waals surface area contributed by atoms with Crippen molar-refractivity contribution in [3.05, 3.63) is 64.7 Å². The van der Waals surface area contributed by atoms with Crippen LogP contribution in [-0.4, -0.2) is 23.7 Å². The van der Waals surface area contributed by atoms with E-state index in [0.29, 0.717) is 5.02 Å². The highest BCUT2D eigenvalue weighted by molar-refractivity contribution is 6.30. The molecule has 3 nitrogen and oxygen atoms in total. The third-order valence-corrected chi connectivity index (χ3v) is 4.15. The molecule has 4 heteroatoms. The summed E-state index contributed by atoms with van der Waals surface area (Å²) >= 11 is 6.05. The fraction of sp³-hybridized carbons (Fsp3) is 0.235. The van der Waals surface area contributed by atoms with Crippen molar-refractivity contribution in [1.29, 1.82) is 0 Å². The van der Waals surface area contributed by atoms with E-state index < -0.39 is 5.97 Å². The topological polar surface area (TPSA) is 40.5 Å². The van der Waals surface area contributed by atoms with Crippen LogP contribution in [0.3, 0.4) is 0 Å². The first-order valence-electron chi connectivity index (χ1n) is 6.94. The number of aliphatic carboxylic acids is 1. The van der Waals surface area contributed by atoms with Gasteiger partial charge < -0.3 is 10.0 Å². The van der Waals surface area contributed by atoms with Gasteiger partial charge in [-0.05, 0) is 42.2 Å². The number of carboxylic acids is 1. The highest BCUT2D eigenvalue weighted by Crippen LogP contribution is 2.29. The molecule has 1 aliphatic rings. The van der Waals surface area contributed by atoms with Crippen molar-refractivity contribution in [3.63, 3.8) is 0 Å². The number of halogens is 1. The molecule has 0 fully saturated rings. The van der Waals surface area contributed by atoms with Gasteiger partial charge in [-0.2, -0.15) is 0 Å². The Kier molecular flexibility index (Phi) is 3.84. The number of fused-ring (bicyclic) bond motifs is 1. The van der Waals surface area contributed by atoms with E-state index in [2.05, 4.69) is 12.1 Å². The van der Waals surface area contributed by atoms with E-state index in [1.54, 1.807) is 6.07 Å². The molecule has 2 aromatic carbocycles. The van der Waals surface area contributed by atoms with Gasteiger partial charge in [0.05, 0.1) is 0 Å². The molecule has 0 saturated heterocycles. The highest BCUT2D eigenvalue weighted by Gasteiger charge is 2.28. The summed E-state index contributed by atoms with van der Waals surface area (Å²) in [6.07, 6.45) is 1.74. The van der Waals surface area contributed by atoms with Crippen LogP contribution in [0.4, 0.5) is 5.69 Å². The summed E-state index contributed by atoms with van der Waals surface area (Å²) in [7, 11) is 0. The third-order valence-electron chi connectivity index (χ3n) is 3.92. The Bertz CT molecular complexity index is 646. The molecule has 0 aromatic heterocycles. The maximum atomic E-state index is 11.2. The molecule has 0 saturated carbocycles. The van der Waals surface area contributed by atoms with E-state index in [9.17, 15) is 9.90 Å². The Labute approximate surface area is 128 Å². The molecule has 0 bridgehead atoms. The Morgan fingerprint density at radius 2 is 1.81 bits per heavy atom. The molecule has 0 unspecified atom stereocenters. The second-order valence-electron chi connectivity index (χ2n) is 5.33. The molecule has 3 rings (SSSR count). The Morgan fingerprint density at radius 3 is 2.38 bits per heavy atom. The zero-order chi connectivity index (χ0) is 14.8. The third kappa shape index (κ3) is 3.03. The molecule has 21 heavy (non-hydrogen) atoms. The lowest BCUT2D eigenvalue weighted by atomic mass is 10.1. The summed E-state index contributed by atoms with van der Waals surface area (Å²) in [5, 5.41) is 9.84. The lowest BCUT2D eigenvalue weighted by Gasteiger charge is -2.29. The normalized spacial score (nSPS) is 14.0. The zero-order valence-electron chi connectivity index (χ0n) is 11.5. The number of anilines is 1. The fourth-order valence-electron chi connectivity index (χ4n) is 2.99. The van der Waals surface area contributed by atoms with Gasteiger partial charge in [-0.25, -0.2) is 0 Å². The molecular formula is C17H16ClNO2. The molecule has 1 N–H and O–H groups in total. The summed E-state index contributed by atoms with van der Waals surface area (Å²) < 4.78 is 0. The number of carbonyl (C=O) groups is 1. The van der Waals surface area contributed by atoms with Crippen molar-refractivity contribution in [3.8, 4) is 0 Å². The lowest BCUT2D eigenvalue weighted by Crippen LogP contribution is -2.39. The van der Waals surface area contributed by atoms with Gasteiger partial charge >= 0.3 is 5.97 Å². The van der Waals surface area contributed by atoms with E-state index in [0.717, 1.165) is 18.5 Å². The molecule has 108 valence electrons. The van der Waals surface area contributed by atoms with E-state index in [1.807, 2.05) is 35.2 Å². The fourth-order valence-corrected chi connectivity index (χ4v) is 3.17. The van der Waals surface area contributed by atoms with Gasteiger partial charge in [0, 0.05) is 16.8 Å². The Balaban J connectivity index is 1.89. The molecule has 1 aliphatic carbocycles. The highest BCUT2D eigenvalue weighted by atomic mass is 35.5. The van der Waals surface area contributed by atoms with Crippen molar-refractivity contribution < 1.29 is 9.90 Å². The Hall–Kier alpha value is -2.00. The lowest BCUT2D eigenvalue weighted by molar-refractivity contribution is -0.135. The van der Waals surface area contributed by atoms with Crippen LogP contribution in [0.25, 0.3) is 0 Å². The second-order valence-corrected chi connectivity index (χ2v) is 5.77. The standard InChI is InChI=1S/C17H16ClNO2/c18-14-6-3-7-15(10-14)19(11-17(20)21)16-8-12-4-1-2-5-13(12)9-16/h1-7,10,16H,8-9,11H2,(H,20,21). The minimum absolute atomic E-state index is 0.0149. The van der Waals surface area contributed by atoms with Crippen molar-refractivity contribution in [2.75, 3.05) is 11.4 Å². The van der Waals surface area contributed by atoms with Crippen molar-refractivity contribution in [2.45, 2.75) is 18.9 Å². The molecule has 2 aromatic rings. The smallest absolute Gasteiger partial charge is 0.323 e. The number of rotatable bonds is 4. The zero-order valence-corrected chi connectivity index (χ0v) is 12.3.